The zero-order valence-electron chi connectivity index (χ0n) is 11.3. The molecule has 1 aliphatic rings. The van der Waals surface area contributed by atoms with Crippen molar-refractivity contribution >= 4 is 12.3 Å². The predicted octanol–water partition coefficient (Wildman–Crippen LogP) is -7.09. The van der Waals surface area contributed by atoms with E-state index in [0.29, 0.717) is 6.85 Å². The molecule has 0 fully saturated rings. The van der Waals surface area contributed by atoms with Crippen LogP contribution in [0.15, 0.2) is 36.4 Å². The number of nitrogens with zero attached hydrogens (tertiary/aromatic N) is 1. The number of rotatable bonds is 1. The summed E-state index contributed by atoms with van der Waals surface area (Å²) in [4.78, 5) is 2.46. The summed E-state index contributed by atoms with van der Waals surface area (Å²) in [7, 11) is 0. The predicted molar refractivity (Wildman–Crippen MR) is 66.1 cm³/mol. The molecule has 6 heteroatoms. The molecule has 0 radical (unpaired) electrons. The Kier molecular flexibility index (Phi) is 13.6. The molecule has 1 aliphatic heterocycles. The molecule has 19 heavy (non-hydrogen) atoms. The molecule has 1 aromatic carbocycles. The number of benzene rings is 1. The minimum absolute atomic E-state index is 0. The van der Waals surface area contributed by atoms with E-state index in [1.54, 1.807) is 0 Å². The topological polar surface area (TPSA) is 3.24 Å². The van der Waals surface area contributed by atoms with Crippen LogP contribution in [0.5, 0.6) is 0 Å². The third kappa shape index (κ3) is 6.36. The average Bonchev–Trinajstić information content (AvgIpc) is 2.67. The molecule has 2 rings (SSSR count). The minimum Gasteiger partial charge on any atom is -1.00 e. The molecule has 1 nitrogen and oxygen atoms in total. The van der Waals surface area contributed by atoms with Gasteiger partial charge in [0.05, 0.1) is 6.85 Å². The van der Waals surface area contributed by atoms with Crippen LogP contribution in [-0.4, -0.2) is 23.7 Å². The van der Waals surface area contributed by atoms with E-state index in [-0.39, 0.29) is 69.0 Å². The first-order valence-corrected chi connectivity index (χ1v) is 5.48. The Bertz CT molecular complexity index is 368. The number of hydrogen-bond donors (Lipinski definition) is 0. The number of hydrogen-bond acceptors (Lipinski definition) is 1. The Morgan fingerprint density at radius 3 is 2.05 bits per heavy atom. The monoisotopic (exact) mass is 393 g/mol. The Morgan fingerprint density at radius 1 is 1.05 bits per heavy atom. The van der Waals surface area contributed by atoms with E-state index < -0.39 is 0 Å². The van der Waals surface area contributed by atoms with Gasteiger partial charge in [-0.3, -0.25) is 6.08 Å². The van der Waals surface area contributed by atoms with Crippen molar-refractivity contribution < 1.29 is 63.4 Å². The maximum absolute atomic E-state index is 3.43. The summed E-state index contributed by atoms with van der Waals surface area (Å²) in [5, 5.41) is 0. The van der Waals surface area contributed by atoms with Crippen LogP contribution in [0.25, 0.3) is 0 Å². The van der Waals surface area contributed by atoms with Crippen LogP contribution in [0.2, 0.25) is 0 Å². The molecule has 0 unspecified atom stereocenters. The zero-order chi connectivity index (χ0) is 10.9. The van der Waals surface area contributed by atoms with Crippen molar-refractivity contribution in [1.29, 1.82) is 0 Å². The molecule has 1 aromatic rings. The third-order valence-corrected chi connectivity index (χ3v) is 2.85. The Labute approximate surface area is 155 Å². The first kappa shape index (κ1) is 24.7. The van der Waals surface area contributed by atoms with Crippen LogP contribution >= 0.6 is 0 Å². The number of halogens is 3. The molecular weight excluding hydrogens is 379 g/mol. The van der Waals surface area contributed by atoms with Gasteiger partial charge < -0.3 is 48.0 Å². The molecule has 0 N–H and O–H groups in total. The third-order valence-electron chi connectivity index (χ3n) is 2.85. The van der Waals surface area contributed by atoms with Crippen LogP contribution < -0.4 is 42.7 Å². The fourth-order valence-electron chi connectivity index (χ4n) is 2.03. The van der Waals surface area contributed by atoms with Gasteiger partial charge in [-0.25, -0.2) is 0 Å². The second-order valence-corrected chi connectivity index (χ2v) is 5.01. The van der Waals surface area contributed by atoms with E-state index in [1.165, 1.54) is 5.46 Å². The molecule has 0 saturated carbocycles. The van der Waals surface area contributed by atoms with Gasteiger partial charge in [-0.2, -0.15) is 0 Å². The van der Waals surface area contributed by atoms with E-state index in [1.807, 2.05) is 0 Å². The van der Waals surface area contributed by atoms with Gasteiger partial charge in [0.25, 0.3) is 0 Å². The molecule has 102 valence electrons. The second kappa shape index (κ2) is 10.5. The van der Waals surface area contributed by atoms with Gasteiger partial charge in [0, 0.05) is 5.54 Å². The van der Waals surface area contributed by atoms with Crippen LogP contribution in [0.1, 0.15) is 20.8 Å². The van der Waals surface area contributed by atoms with Crippen molar-refractivity contribution in [3.63, 3.8) is 0 Å². The molecular formula is C13H17BCl3NZr. The van der Waals surface area contributed by atoms with Crippen molar-refractivity contribution in [2.24, 2.45) is 0 Å². The fourth-order valence-corrected chi connectivity index (χ4v) is 2.03. The van der Waals surface area contributed by atoms with Crippen LogP contribution in [-0.2, 0) is 26.2 Å². The van der Waals surface area contributed by atoms with E-state index >= 15 is 0 Å². The standard InChI is InChI=1S/C13H17BN.3ClH.Zr/c1-13(2,3)15-11-7-10-14(15)12-8-5-4-6-9-12;;;;/h4-9H,11H2,1-3H3;3*1H;/q-1;;;;+4/p-3. The van der Waals surface area contributed by atoms with E-state index in [4.69, 9.17) is 0 Å². The summed E-state index contributed by atoms with van der Waals surface area (Å²) in [5.74, 6) is 3.43. The maximum Gasteiger partial charge on any atom is 4.00 e. The van der Waals surface area contributed by atoms with E-state index in [2.05, 4.69) is 68.0 Å². The minimum atomic E-state index is 0. The van der Waals surface area contributed by atoms with Gasteiger partial charge >= 0.3 is 26.2 Å². The first-order valence-electron chi connectivity index (χ1n) is 5.48. The van der Waals surface area contributed by atoms with Crippen molar-refractivity contribution in [3.8, 4) is 0 Å². The van der Waals surface area contributed by atoms with Gasteiger partial charge in [-0.1, -0.05) is 35.8 Å². The van der Waals surface area contributed by atoms with Crippen molar-refractivity contribution in [3.05, 3.63) is 42.4 Å². The largest absolute Gasteiger partial charge is 4.00 e. The van der Waals surface area contributed by atoms with Gasteiger partial charge in [0.2, 0.25) is 0 Å². The van der Waals surface area contributed by atoms with Gasteiger partial charge in [-0.05, 0) is 27.3 Å². The smallest absolute Gasteiger partial charge is 1.00 e. The van der Waals surface area contributed by atoms with Crippen LogP contribution in [0, 0.1) is 5.98 Å². The normalized spacial score (nSPS) is 13.7. The van der Waals surface area contributed by atoms with E-state index in [0.717, 1.165) is 6.54 Å². The summed E-state index contributed by atoms with van der Waals surface area (Å²) in [6.45, 7) is 8.09. The SMILES string of the molecule is CC(C)(C)N1CC=[C-]B1c1ccccc1.[Cl-].[Cl-].[Cl-].[Zr+4]. The van der Waals surface area contributed by atoms with Crippen LogP contribution in [0.3, 0.4) is 0 Å². The summed E-state index contributed by atoms with van der Waals surface area (Å²) in [6, 6.07) is 10.6. The van der Waals surface area contributed by atoms with Crippen molar-refractivity contribution in [2.45, 2.75) is 26.3 Å². The second-order valence-electron chi connectivity index (χ2n) is 5.01. The van der Waals surface area contributed by atoms with Gasteiger partial charge in [-0.15, -0.1) is 0 Å². The molecule has 0 atom stereocenters. The van der Waals surface area contributed by atoms with Crippen molar-refractivity contribution in [2.75, 3.05) is 6.54 Å². The molecule has 0 amide bonds. The zero-order valence-corrected chi connectivity index (χ0v) is 16.1. The van der Waals surface area contributed by atoms with Gasteiger partial charge in [0.15, 0.2) is 0 Å². The molecule has 0 saturated heterocycles. The van der Waals surface area contributed by atoms with Crippen LogP contribution in [0.4, 0.5) is 0 Å². The summed E-state index contributed by atoms with van der Waals surface area (Å²) >= 11 is 0. The van der Waals surface area contributed by atoms with E-state index in [9.17, 15) is 0 Å². The van der Waals surface area contributed by atoms with Gasteiger partial charge in [0.1, 0.15) is 0 Å². The molecule has 1 heterocycles. The quantitative estimate of drug-likeness (QED) is 0.337. The summed E-state index contributed by atoms with van der Waals surface area (Å²) in [6.07, 6.45) is 2.14. The molecule has 0 bridgehead atoms. The molecule has 0 spiro atoms. The van der Waals surface area contributed by atoms with Crippen molar-refractivity contribution in [1.82, 2.24) is 4.81 Å². The summed E-state index contributed by atoms with van der Waals surface area (Å²) in [5.41, 5.74) is 1.53. The fraction of sp³-hybridized carbons (Fsp3) is 0.385. The molecule has 0 aromatic heterocycles. The first-order chi connectivity index (χ1) is 7.09. The Hall–Kier alpha value is 0.738. The Morgan fingerprint density at radius 2 is 1.58 bits per heavy atom. The maximum atomic E-state index is 3.43. The Balaban J connectivity index is -0.000000640. The molecule has 0 aliphatic carbocycles. The summed E-state index contributed by atoms with van der Waals surface area (Å²) < 4.78 is 0. The average molecular weight is 396 g/mol.